The Morgan fingerprint density at radius 1 is 1.32 bits per heavy atom. The third-order valence-electron chi connectivity index (χ3n) is 3.16. The molecule has 0 saturated heterocycles. The van der Waals surface area contributed by atoms with E-state index in [-0.39, 0.29) is 17.5 Å². The summed E-state index contributed by atoms with van der Waals surface area (Å²) in [5.41, 5.74) is 1.33. The number of aryl methyl sites for hydroxylation is 2. The van der Waals surface area contributed by atoms with E-state index in [2.05, 4.69) is 36.8 Å². The number of hydrogen-bond acceptors (Lipinski definition) is 4. The van der Waals surface area contributed by atoms with E-state index in [4.69, 9.17) is 0 Å². The Bertz CT molecular complexity index is 701. The van der Waals surface area contributed by atoms with Crippen LogP contribution in [0.4, 0.5) is 5.69 Å². The molecule has 2 aromatic heterocycles. The van der Waals surface area contributed by atoms with E-state index < -0.39 is 6.04 Å². The summed E-state index contributed by atoms with van der Waals surface area (Å²) >= 11 is 3.36. The van der Waals surface area contributed by atoms with Crippen LogP contribution in [0.2, 0.25) is 0 Å². The SMILES string of the molecule is CNC(=O)c1nn(C)cc1NC(=O)[C@@H](C)n1cc(Br)c(C)n1. The lowest BCUT2D eigenvalue weighted by Gasteiger charge is -2.12. The van der Waals surface area contributed by atoms with Crippen LogP contribution in [0.15, 0.2) is 16.9 Å². The molecule has 8 nitrogen and oxygen atoms in total. The fraction of sp³-hybridized carbons (Fsp3) is 0.385. The normalized spacial score (nSPS) is 12.0. The minimum atomic E-state index is -0.525. The minimum absolute atomic E-state index is 0.170. The van der Waals surface area contributed by atoms with E-state index in [0.29, 0.717) is 5.69 Å². The van der Waals surface area contributed by atoms with Gasteiger partial charge in [-0.2, -0.15) is 10.2 Å². The van der Waals surface area contributed by atoms with Crippen LogP contribution in [0.1, 0.15) is 29.1 Å². The molecule has 118 valence electrons. The topological polar surface area (TPSA) is 93.8 Å². The maximum atomic E-state index is 12.3. The van der Waals surface area contributed by atoms with Gasteiger partial charge in [0.05, 0.1) is 15.9 Å². The Hall–Kier alpha value is -2.16. The zero-order valence-corrected chi connectivity index (χ0v) is 14.3. The van der Waals surface area contributed by atoms with Gasteiger partial charge in [0, 0.05) is 26.5 Å². The molecule has 0 saturated carbocycles. The standard InChI is InChI=1S/C13H17BrN6O2/c1-7-9(14)5-20(17-7)8(2)12(21)16-10-6-19(4)18-11(10)13(22)15-3/h5-6,8H,1-4H3,(H,15,22)(H,16,21)/t8-/m1/s1. The highest BCUT2D eigenvalue weighted by Gasteiger charge is 2.21. The van der Waals surface area contributed by atoms with Crippen molar-refractivity contribution in [3.63, 3.8) is 0 Å². The highest BCUT2D eigenvalue weighted by Crippen LogP contribution is 2.19. The molecule has 2 rings (SSSR count). The molecule has 0 aliphatic carbocycles. The van der Waals surface area contributed by atoms with Crippen molar-refractivity contribution in [3.05, 3.63) is 28.3 Å². The molecule has 0 unspecified atom stereocenters. The third-order valence-corrected chi connectivity index (χ3v) is 3.94. The summed E-state index contributed by atoms with van der Waals surface area (Å²) in [4.78, 5) is 24.1. The summed E-state index contributed by atoms with van der Waals surface area (Å²) in [5.74, 6) is -0.644. The lowest BCUT2D eigenvalue weighted by Crippen LogP contribution is -2.26. The molecule has 2 heterocycles. The zero-order valence-electron chi connectivity index (χ0n) is 12.7. The van der Waals surface area contributed by atoms with Crippen molar-refractivity contribution in [2.75, 3.05) is 12.4 Å². The number of hydrogen-bond donors (Lipinski definition) is 2. The van der Waals surface area contributed by atoms with Gasteiger partial charge in [-0.15, -0.1) is 0 Å². The van der Waals surface area contributed by atoms with Crippen molar-refractivity contribution >= 4 is 33.4 Å². The highest BCUT2D eigenvalue weighted by molar-refractivity contribution is 9.10. The summed E-state index contributed by atoms with van der Waals surface area (Å²) in [6.07, 6.45) is 3.32. The van der Waals surface area contributed by atoms with Crippen LogP contribution in [0.25, 0.3) is 0 Å². The van der Waals surface area contributed by atoms with Gasteiger partial charge >= 0.3 is 0 Å². The Morgan fingerprint density at radius 3 is 2.55 bits per heavy atom. The zero-order chi connectivity index (χ0) is 16.4. The van der Waals surface area contributed by atoms with Gasteiger partial charge in [-0.25, -0.2) is 0 Å². The number of halogens is 1. The molecule has 0 radical (unpaired) electrons. The van der Waals surface area contributed by atoms with Gasteiger partial charge in [-0.3, -0.25) is 19.0 Å². The maximum absolute atomic E-state index is 12.3. The van der Waals surface area contributed by atoms with E-state index in [9.17, 15) is 9.59 Å². The molecule has 9 heteroatoms. The number of nitrogens with zero attached hydrogens (tertiary/aromatic N) is 4. The summed E-state index contributed by atoms with van der Waals surface area (Å²) in [6.45, 7) is 3.57. The Kier molecular flexibility index (Phi) is 4.65. The summed E-state index contributed by atoms with van der Waals surface area (Å²) < 4.78 is 3.86. The first kappa shape index (κ1) is 16.2. The summed E-state index contributed by atoms with van der Waals surface area (Å²) in [6, 6.07) is -0.525. The summed E-state index contributed by atoms with van der Waals surface area (Å²) in [7, 11) is 3.19. The van der Waals surface area contributed by atoms with Gasteiger partial charge in [0.25, 0.3) is 5.91 Å². The quantitative estimate of drug-likeness (QED) is 0.848. The highest BCUT2D eigenvalue weighted by atomic mass is 79.9. The van der Waals surface area contributed by atoms with E-state index >= 15 is 0 Å². The van der Waals surface area contributed by atoms with Crippen molar-refractivity contribution in [2.45, 2.75) is 19.9 Å². The summed E-state index contributed by atoms with van der Waals surface area (Å²) in [5, 5.41) is 13.5. The van der Waals surface area contributed by atoms with E-state index in [1.165, 1.54) is 11.7 Å². The first-order valence-corrected chi connectivity index (χ1v) is 7.40. The fourth-order valence-electron chi connectivity index (χ4n) is 1.88. The number of rotatable bonds is 4. The largest absolute Gasteiger partial charge is 0.354 e. The number of anilines is 1. The monoisotopic (exact) mass is 368 g/mol. The average molecular weight is 369 g/mol. The molecule has 0 aliphatic rings. The van der Waals surface area contributed by atoms with Crippen LogP contribution in [0, 0.1) is 6.92 Å². The molecule has 1 atom stereocenters. The molecule has 0 aromatic carbocycles. The van der Waals surface area contributed by atoms with E-state index in [0.717, 1.165) is 10.2 Å². The minimum Gasteiger partial charge on any atom is -0.354 e. The molecule has 2 aromatic rings. The molecule has 2 N–H and O–H groups in total. The second-order valence-corrected chi connectivity index (χ2v) is 5.71. The number of aromatic nitrogens is 4. The fourth-order valence-corrected chi connectivity index (χ4v) is 2.17. The second-order valence-electron chi connectivity index (χ2n) is 4.85. The average Bonchev–Trinajstić information content (AvgIpc) is 3.00. The van der Waals surface area contributed by atoms with Gasteiger partial charge in [-0.05, 0) is 29.8 Å². The van der Waals surface area contributed by atoms with Gasteiger partial charge in [0.1, 0.15) is 6.04 Å². The first-order valence-electron chi connectivity index (χ1n) is 6.61. The van der Waals surface area contributed by atoms with Crippen molar-refractivity contribution < 1.29 is 9.59 Å². The van der Waals surface area contributed by atoms with Crippen LogP contribution in [-0.2, 0) is 11.8 Å². The van der Waals surface area contributed by atoms with Crippen molar-refractivity contribution in [1.82, 2.24) is 24.9 Å². The van der Waals surface area contributed by atoms with E-state index in [1.54, 1.807) is 31.0 Å². The first-order chi connectivity index (χ1) is 10.3. The number of carbonyl (C=O) groups is 2. The van der Waals surface area contributed by atoms with Gasteiger partial charge in [-0.1, -0.05) is 0 Å². The lowest BCUT2D eigenvalue weighted by molar-refractivity contribution is -0.119. The predicted octanol–water partition coefficient (Wildman–Crippen LogP) is 1.25. The number of carbonyl (C=O) groups excluding carboxylic acids is 2. The maximum Gasteiger partial charge on any atom is 0.273 e. The van der Waals surface area contributed by atoms with Crippen LogP contribution in [0.3, 0.4) is 0 Å². The molecule has 0 aliphatic heterocycles. The van der Waals surface area contributed by atoms with Crippen LogP contribution in [-0.4, -0.2) is 38.4 Å². The van der Waals surface area contributed by atoms with Gasteiger partial charge < -0.3 is 10.6 Å². The van der Waals surface area contributed by atoms with Gasteiger partial charge in [0.2, 0.25) is 5.91 Å². The Labute approximate surface area is 136 Å². The second kappa shape index (κ2) is 6.30. The number of amides is 2. The molecule has 0 bridgehead atoms. The lowest BCUT2D eigenvalue weighted by atomic mass is 10.3. The molecule has 0 fully saturated rings. The van der Waals surface area contributed by atoms with E-state index in [1.807, 2.05) is 6.92 Å². The van der Waals surface area contributed by atoms with Gasteiger partial charge in [0.15, 0.2) is 5.69 Å². The molecular weight excluding hydrogens is 352 g/mol. The van der Waals surface area contributed by atoms with Crippen LogP contribution < -0.4 is 10.6 Å². The Morgan fingerprint density at radius 2 is 2.00 bits per heavy atom. The van der Waals surface area contributed by atoms with Crippen molar-refractivity contribution in [1.29, 1.82) is 0 Å². The predicted molar refractivity (Wildman–Crippen MR) is 84.6 cm³/mol. The molecular formula is C13H17BrN6O2. The Balaban J connectivity index is 2.20. The molecule has 0 spiro atoms. The number of nitrogens with one attached hydrogen (secondary N) is 2. The smallest absolute Gasteiger partial charge is 0.273 e. The van der Waals surface area contributed by atoms with Crippen LogP contribution >= 0.6 is 15.9 Å². The van der Waals surface area contributed by atoms with Crippen molar-refractivity contribution in [3.8, 4) is 0 Å². The molecule has 2 amide bonds. The van der Waals surface area contributed by atoms with Crippen LogP contribution in [0.5, 0.6) is 0 Å². The van der Waals surface area contributed by atoms with Crippen molar-refractivity contribution in [2.24, 2.45) is 7.05 Å². The molecule has 22 heavy (non-hydrogen) atoms. The third kappa shape index (κ3) is 3.19.